The third kappa shape index (κ3) is 5.89. The van der Waals surface area contributed by atoms with Gasteiger partial charge in [-0.15, -0.1) is 0 Å². The molecule has 0 unspecified atom stereocenters. The van der Waals surface area contributed by atoms with Crippen LogP contribution in [0.4, 0.5) is 17.1 Å². The van der Waals surface area contributed by atoms with E-state index in [1.807, 2.05) is 49.4 Å². The van der Waals surface area contributed by atoms with Gasteiger partial charge in [-0.25, -0.2) is 0 Å². The van der Waals surface area contributed by atoms with E-state index in [1.165, 1.54) is 6.07 Å². The number of hydrogen-bond acceptors (Lipinski definition) is 5. The van der Waals surface area contributed by atoms with Crippen LogP contribution in [0, 0.1) is 6.92 Å². The molecule has 0 fully saturated rings. The Balaban J connectivity index is 2.29. The molecule has 9 heteroatoms. The summed E-state index contributed by atoms with van der Waals surface area (Å²) in [6, 6.07) is 22.6. The number of para-hydroxylation sites is 2. The van der Waals surface area contributed by atoms with Gasteiger partial charge >= 0.3 is 10.0 Å². The monoisotopic (exact) mass is 556 g/mol. The average molecular weight is 557 g/mol. The zero-order chi connectivity index (χ0) is 27.6. The van der Waals surface area contributed by atoms with E-state index in [1.54, 1.807) is 32.3 Å². The Hall–Kier alpha value is -2.74. The largest absolute Gasteiger partial charge is 0.541 e. The van der Waals surface area contributed by atoms with E-state index in [2.05, 4.69) is 49.9 Å². The zero-order valence-electron chi connectivity index (χ0n) is 22.7. The predicted octanol–water partition coefficient (Wildman–Crippen LogP) is 8.13. The first-order valence-electron chi connectivity index (χ1n) is 12.0. The SMILES string of the molecule is Cc1ccccc1N=C=Nc1ccc(Cl)c(S(=O)(=O)[N+](C)(C)c2ccccc2)c1O[Si](C)(C)C(C)(C)C. The molecular formula is C28H35ClN3O3SSi+. The number of halogens is 1. The Kier molecular flexibility index (Phi) is 8.22. The number of aryl methyl sites for hydroxylation is 1. The van der Waals surface area contributed by atoms with Crippen molar-refractivity contribution in [1.82, 2.24) is 3.89 Å². The van der Waals surface area contributed by atoms with Gasteiger partial charge in [0.05, 0.1) is 24.8 Å². The van der Waals surface area contributed by atoms with E-state index in [0.717, 1.165) is 11.3 Å². The highest BCUT2D eigenvalue weighted by atomic mass is 35.5. The molecule has 0 saturated carbocycles. The molecule has 37 heavy (non-hydrogen) atoms. The molecule has 0 heterocycles. The van der Waals surface area contributed by atoms with Crippen LogP contribution in [0.5, 0.6) is 5.75 Å². The minimum Gasteiger partial charge on any atom is -0.541 e. The molecule has 3 aromatic carbocycles. The van der Waals surface area contributed by atoms with Crippen molar-refractivity contribution in [3.63, 3.8) is 0 Å². The normalized spacial score (nSPS) is 12.6. The van der Waals surface area contributed by atoms with Crippen LogP contribution in [0.3, 0.4) is 0 Å². The van der Waals surface area contributed by atoms with Gasteiger partial charge in [0.15, 0.2) is 10.6 Å². The fourth-order valence-electron chi connectivity index (χ4n) is 3.34. The summed E-state index contributed by atoms with van der Waals surface area (Å²) in [5.74, 6) is 0.133. The second kappa shape index (κ2) is 10.6. The number of benzene rings is 3. The molecule has 0 aliphatic rings. The molecule has 0 aliphatic carbocycles. The molecule has 3 aromatic rings. The van der Waals surface area contributed by atoms with Crippen LogP contribution in [0.1, 0.15) is 26.3 Å². The van der Waals surface area contributed by atoms with Gasteiger partial charge in [0.2, 0.25) is 0 Å². The van der Waals surface area contributed by atoms with Crippen molar-refractivity contribution in [3.05, 3.63) is 77.3 Å². The van der Waals surface area contributed by atoms with Gasteiger partial charge in [-0.3, -0.25) is 0 Å². The Morgan fingerprint density at radius 3 is 2.05 bits per heavy atom. The quantitative estimate of drug-likeness (QED) is 0.167. The molecule has 0 amide bonds. The Morgan fingerprint density at radius 2 is 1.46 bits per heavy atom. The summed E-state index contributed by atoms with van der Waals surface area (Å²) in [5, 5.41) is -0.123. The first-order chi connectivity index (χ1) is 17.1. The van der Waals surface area contributed by atoms with Crippen LogP contribution in [-0.4, -0.2) is 36.8 Å². The third-order valence-corrected chi connectivity index (χ3v) is 14.0. The van der Waals surface area contributed by atoms with E-state index in [-0.39, 0.29) is 20.7 Å². The zero-order valence-corrected chi connectivity index (χ0v) is 25.3. The number of sulfonamides is 1. The Labute approximate surface area is 227 Å². The summed E-state index contributed by atoms with van der Waals surface area (Å²) < 4.78 is 34.7. The molecule has 3 rings (SSSR count). The van der Waals surface area contributed by atoms with Crippen LogP contribution < -0.4 is 8.31 Å². The maximum absolute atomic E-state index is 14.3. The fourth-order valence-corrected chi connectivity index (χ4v) is 6.43. The van der Waals surface area contributed by atoms with Crippen LogP contribution in [0.15, 0.2) is 81.6 Å². The highest BCUT2D eigenvalue weighted by Gasteiger charge is 2.45. The van der Waals surface area contributed by atoms with Crippen molar-refractivity contribution in [2.45, 2.75) is 50.7 Å². The Morgan fingerprint density at radius 1 is 0.892 bits per heavy atom. The van der Waals surface area contributed by atoms with E-state index in [4.69, 9.17) is 16.0 Å². The maximum Gasteiger partial charge on any atom is 0.336 e. The van der Waals surface area contributed by atoms with Crippen molar-refractivity contribution in [3.8, 4) is 5.75 Å². The summed E-state index contributed by atoms with van der Waals surface area (Å²) in [4.78, 5) is 8.69. The highest BCUT2D eigenvalue weighted by molar-refractivity contribution is 7.91. The summed E-state index contributed by atoms with van der Waals surface area (Å²) in [6.45, 7) is 12.3. The van der Waals surface area contributed by atoms with Gasteiger partial charge in [0, 0.05) is 12.1 Å². The van der Waals surface area contributed by atoms with E-state index < -0.39 is 22.2 Å². The third-order valence-electron chi connectivity index (χ3n) is 6.90. The minimum absolute atomic E-state index is 0.0747. The number of aliphatic imine (C=N–C) groups is 2. The maximum atomic E-state index is 14.3. The molecule has 0 N–H and O–H groups in total. The molecule has 196 valence electrons. The molecule has 0 aromatic heterocycles. The van der Waals surface area contributed by atoms with Crippen molar-refractivity contribution in [2.75, 3.05) is 14.1 Å². The molecule has 0 atom stereocenters. The van der Waals surface area contributed by atoms with Crippen molar-refractivity contribution in [2.24, 2.45) is 9.98 Å². The van der Waals surface area contributed by atoms with Crippen molar-refractivity contribution < 1.29 is 12.8 Å². The average Bonchev–Trinajstić information content (AvgIpc) is 2.81. The lowest BCUT2D eigenvalue weighted by atomic mass is 10.2. The number of hydrogen-bond donors (Lipinski definition) is 0. The van der Waals surface area contributed by atoms with Gasteiger partial charge in [-0.2, -0.15) is 22.3 Å². The predicted molar refractivity (Wildman–Crippen MR) is 157 cm³/mol. The first-order valence-corrected chi connectivity index (χ1v) is 16.7. The van der Waals surface area contributed by atoms with E-state index >= 15 is 0 Å². The molecule has 0 radical (unpaired) electrons. The minimum atomic E-state index is -4.09. The lowest BCUT2D eigenvalue weighted by molar-refractivity contribution is 0.472. The standard InChI is InChI=1S/C28H35ClN3O3SSi/c1-21-14-12-13-17-24(21)30-20-31-25-19-18-23(29)27(26(25)35-37(7,8)28(2,3)4)36(33,34)32(5,6)22-15-10-9-11-16-22/h9-19H,1-8H3/q+1. The van der Waals surface area contributed by atoms with Gasteiger partial charge in [0.1, 0.15) is 17.4 Å². The molecule has 0 saturated heterocycles. The van der Waals surface area contributed by atoms with Crippen LogP contribution in [-0.2, 0) is 10.0 Å². The van der Waals surface area contributed by atoms with Gasteiger partial charge in [-0.1, -0.05) is 68.8 Å². The molecular weight excluding hydrogens is 522 g/mol. The van der Waals surface area contributed by atoms with E-state index in [9.17, 15) is 8.42 Å². The number of nitrogens with zero attached hydrogens (tertiary/aromatic N) is 3. The smallest absolute Gasteiger partial charge is 0.336 e. The van der Waals surface area contributed by atoms with Crippen LogP contribution >= 0.6 is 11.6 Å². The summed E-state index contributed by atoms with van der Waals surface area (Å²) >= 11 is 6.63. The van der Waals surface area contributed by atoms with Crippen LogP contribution in [0.25, 0.3) is 0 Å². The summed E-state index contributed by atoms with van der Waals surface area (Å²) in [6.07, 6.45) is 0. The summed E-state index contributed by atoms with van der Waals surface area (Å²) in [7, 11) is -3.37. The van der Waals surface area contributed by atoms with E-state index in [0.29, 0.717) is 11.4 Å². The van der Waals surface area contributed by atoms with Crippen molar-refractivity contribution >= 4 is 53.0 Å². The second-order valence-corrected chi connectivity index (χ2v) is 18.3. The molecule has 0 aliphatic heterocycles. The van der Waals surface area contributed by atoms with Gasteiger partial charge in [0.25, 0.3) is 8.32 Å². The number of quaternary nitrogens is 1. The topological polar surface area (TPSA) is 68.1 Å². The lowest BCUT2D eigenvalue weighted by Gasteiger charge is -2.38. The van der Waals surface area contributed by atoms with Crippen molar-refractivity contribution in [1.29, 1.82) is 0 Å². The first kappa shape index (κ1) is 28.8. The fraction of sp³-hybridized carbons (Fsp3) is 0.321. The molecule has 6 nitrogen and oxygen atoms in total. The molecule has 0 spiro atoms. The number of rotatable bonds is 7. The van der Waals surface area contributed by atoms with Crippen LogP contribution in [0.2, 0.25) is 23.2 Å². The molecule has 0 bridgehead atoms. The van der Waals surface area contributed by atoms with Gasteiger partial charge < -0.3 is 4.43 Å². The highest BCUT2D eigenvalue weighted by Crippen LogP contribution is 2.47. The summed E-state index contributed by atoms with van der Waals surface area (Å²) in [5.41, 5.74) is 2.59. The van der Waals surface area contributed by atoms with Gasteiger partial charge in [-0.05, 0) is 48.8 Å². The Bertz CT molecular complexity index is 1460. The second-order valence-electron chi connectivity index (χ2n) is 10.9. The lowest BCUT2D eigenvalue weighted by Crippen LogP contribution is -2.48.